The molecule has 0 heterocycles. The lowest BCUT2D eigenvalue weighted by atomic mass is 9.82. The van der Waals surface area contributed by atoms with E-state index < -0.39 is 0 Å². The Morgan fingerprint density at radius 1 is 1.17 bits per heavy atom. The van der Waals surface area contributed by atoms with Gasteiger partial charge < -0.3 is 4.74 Å². The van der Waals surface area contributed by atoms with Crippen molar-refractivity contribution in [3.8, 4) is 0 Å². The fraction of sp³-hybridized carbons (Fsp3) is 1.00. The third-order valence-electron chi connectivity index (χ3n) is 2.36. The van der Waals surface area contributed by atoms with E-state index in [0.29, 0.717) is 5.92 Å². The summed E-state index contributed by atoms with van der Waals surface area (Å²) in [6.07, 6.45) is 0. The van der Waals surface area contributed by atoms with Gasteiger partial charge in [0.05, 0.1) is 6.61 Å². The summed E-state index contributed by atoms with van der Waals surface area (Å²) in [5.74, 6) is 0.633. The van der Waals surface area contributed by atoms with Crippen molar-refractivity contribution in [3.63, 3.8) is 0 Å². The van der Waals surface area contributed by atoms with Crippen LogP contribution in [0.5, 0.6) is 0 Å². The van der Waals surface area contributed by atoms with Crippen LogP contribution >= 0.6 is 12.6 Å². The molecule has 0 aromatic rings. The first-order valence-electron chi connectivity index (χ1n) is 4.51. The maximum atomic E-state index is 5.62. The van der Waals surface area contributed by atoms with Crippen LogP contribution in [0.2, 0.25) is 0 Å². The smallest absolute Gasteiger partial charge is 0.105 e. The number of thiol groups is 1. The highest BCUT2D eigenvalue weighted by Gasteiger charge is 2.25. The average Bonchev–Trinajstić information content (AvgIpc) is 1.82. The third-order valence-corrected chi connectivity index (χ3v) is 2.49. The molecule has 0 amide bonds. The number of hydrogen-bond donors (Lipinski definition) is 1. The van der Waals surface area contributed by atoms with Gasteiger partial charge in [-0.25, -0.2) is 0 Å². The molecule has 0 rings (SSSR count). The molecule has 0 atom stereocenters. The highest BCUT2D eigenvalue weighted by molar-refractivity contribution is 7.81. The normalized spacial score (nSPS) is 14.0. The van der Waals surface area contributed by atoms with Crippen LogP contribution in [0.25, 0.3) is 0 Å². The van der Waals surface area contributed by atoms with Crippen LogP contribution in [-0.4, -0.2) is 11.5 Å². The molecule has 0 bridgehead atoms. The summed E-state index contributed by atoms with van der Waals surface area (Å²) in [7, 11) is 0. The van der Waals surface area contributed by atoms with Crippen LogP contribution in [0.15, 0.2) is 0 Å². The van der Waals surface area contributed by atoms with E-state index in [2.05, 4.69) is 40.3 Å². The van der Waals surface area contributed by atoms with Crippen LogP contribution < -0.4 is 0 Å². The van der Waals surface area contributed by atoms with Crippen molar-refractivity contribution < 1.29 is 4.74 Å². The van der Waals surface area contributed by atoms with E-state index in [1.807, 2.05) is 13.8 Å². The van der Waals surface area contributed by atoms with Crippen LogP contribution in [0.1, 0.15) is 41.5 Å². The molecule has 74 valence electrons. The van der Waals surface area contributed by atoms with Crippen molar-refractivity contribution in [2.45, 2.75) is 46.5 Å². The van der Waals surface area contributed by atoms with Crippen molar-refractivity contribution in [1.82, 2.24) is 0 Å². The summed E-state index contributed by atoms with van der Waals surface area (Å²) in [5.41, 5.74) is 0.236. The lowest BCUT2D eigenvalue weighted by Gasteiger charge is -2.32. The molecule has 2 heteroatoms. The molecular formula is C10H22OS. The highest BCUT2D eigenvalue weighted by atomic mass is 32.1. The van der Waals surface area contributed by atoms with Gasteiger partial charge in [-0.15, -0.1) is 12.6 Å². The molecule has 0 N–H and O–H groups in total. The fourth-order valence-electron chi connectivity index (χ4n) is 0.529. The van der Waals surface area contributed by atoms with Crippen molar-refractivity contribution in [1.29, 1.82) is 0 Å². The maximum absolute atomic E-state index is 5.62. The highest BCUT2D eigenvalue weighted by Crippen LogP contribution is 2.28. The molecule has 1 nitrogen and oxygen atoms in total. The van der Waals surface area contributed by atoms with Gasteiger partial charge in [-0.3, -0.25) is 0 Å². The first kappa shape index (κ1) is 12.3. The van der Waals surface area contributed by atoms with Crippen molar-refractivity contribution in [2.75, 3.05) is 6.61 Å². The molecule has 0 aliphatic heterocycles. The van der Waals surface area contributed by atoms with Gasteiger partial charge in [-0.1, -0.05) is 27.7 Å². The lowest BCUT2D eigenvalue weighted by molar-refractivity contribution is -0.0142. The Balaban J connectivity index is 3.93. The first-order chi connectivity index (χ1) is 5.15. The fourth-order valence-corrected chi connectivity index (χ4v) is 0.594. The Hall–Kier alpha value is 0.310. The standard InChI is InChI=1S/C10H22OS/c1-8(2)9(3,4)7-11-10(5,6)12/h8,12H,7H2,1-6H3. The molecule has 0 aliphatic carbocycles. The maximum Gasteiger partial charge on any atom is 0.105 e. The Kier molecular flexibility index (Phi) is 4.12. The summed E-state index contributed by atoms with van der Waals surface area (Å²) in [5, 5.41) is 0. The minimum atomic E-state index is -0.313. The first-order valence-corrected chi connectivity index (χ1v) is 4.96. The molecule has 0 unspecified atom stereocenters. The van der Waals surface area contributed by atoms with Gasteiger partial charge in [0.1, 0.15) is 4.93 Å². The van der Waals surface area contributed by atoms with Crippen molar-refractivity contribution >= 4 is 12.6 Å². The lowest BCUT2D eigenvalue weighted by Crippen LogP contribution is -2.30. The second-order valence-electron chi connectivity index (χ2n) is 4.88. The van der Waals surface area contributed by atoms with E-state index in [1.165, 1.54) is 0 Å². The van der Waals surface area contributed by atoms with Gasteiger partial charge in [0.2, 0.25) is 0 Å². The monoisotopic (exact) mass is 190 g/mol. The number of hydrogen-bond acceptors (Lipinski definition) is 2. The van der Waals surface area contributed by atoms with E-state index >= 15 is 0 Å². The zero-order chi connectivity index (χ0) is 9.99. The number of ether oxygens (including phenoxy) is 1. The molecule has 0 saturated carbocycles. The predicted octanol–water partition coefficient (Wildman–Crippen LogP) is 3.35. The zero-order valence-corrected chi connectivity index (χ0v) is 10.0. The minimum Gasteiger partial charge on any atom is -0.365 e. The summed E-state index contributed by atoms with van der Waals surface area (Å²) in [6.45, 7) is 13.6. The molecule has 0 radical (unpaired) electrons. The molecule has 0 aliphatic rings. The second kappa shape index (κ2) is 4.01. The quantitative estimate of drug-likeness (QED) is 0.528. The van der Waals surface area contributed by atoms with Crippen LogP contribution in [-0.2, 0) is 4.74 Å². The molecule has 0 spiro atoms. The van der Waals surface area contributed by atoms with E-state index in [4.69, 9.17) is 4.74 Å². The molecule has 0 aromatic heterocycles. The van der Waals surface area contributed by atoms with Gasteiger partial charge in [0.15, 0.2) is 0 Å². The van der Waals surface area contributed by atoms with Gasteiger partial charge in [-0.2, -0.15) is 0 Å². The molecule has 12 heavy (non-hydrogen) atoms. The van der Waals surface area contributed by atoms with Crippen LogP contribution in [0, 0.1) is 11.3 Å². The summed E-state index contributed by atoms with van der Waals surface area (Å²) >= 11 is 4.31. The van der Waals surface area contributed by atoms with Gasteiger partial charge >= 0.3 is 0 Å². The molecule has 0 fully saturated rings. The Bertz CT molecular complexity index is 133. The van der Waals surface area contributed by atoms with Gasteiger partial charge in [-0.05, 0) is 25.2 Å². The molecular weight excluding hydrogens is 168 g/mol. The summed E-state index contributed by atoms with van der Waals surface area (Å²) < 4.78 is 5.62. The summed E-state index contributed by atoms with van der Waals surface area (Å²) in [6, 6.07) is 0. The SMILES string of the molecule is CC(C)C(C)(C)COC(C)(C)S. The molecule has 0 saturated heterocycles. The minimum absolute atomic E-state index is 0.236. The third kappa shape index (κ3) is 5.04. The summed E-state index contributed by atoms with van der Waals surface area (Å²) in [4.78, 5) is -0.313. The van der Waals surface area contributed by atoms with Crippen molar-refractivity contribution in [3.05, 3.63) is 0 Å². The number of rotatable bonds is 4. The average molecular weight is 190 g/mol. The van der Waals surface area contributed by atoms with E-state index in [9.17, 15) is 0 Å². The Labute approximate surface area is 82.3 Å². The largest absolute Gasteiger partial charge is 0.365 e. The van der Waals surface area contributed by atoms with Gasteiger partial charge in [0.25, 0.3) is 0 Å². The van der Waals surface area contributed by atoms with Crippen LogP contribution in [0.3, 0.4) is 0 Å². The van der Waals surface area contributed by atoms with Gasteiger partial charge in [0, 0.05) is 0 Å². The Morgan fingerprint density at radius 3 is 1.83 bits per heavy atom. The second-order valence-corrected chi connectivity index (χ2v) is 5.96. The van der Waals surface area contributed by atoms with E-state index in [-0.39, 0.29) is 10.3 Å². The van der Waals surface area contributed by atoms with E-state index in [1.54, 1.807) is 0 Å². The zero-order valence-electron chi connectivity index (χ0n) is 9.14. The molecule has 0 aromatic carbocycles. The predicted molar refractivity (Wildman–Crippen MR) is 57.6 cm³/mol. The Morgan fingerprint density at radius 2 is 1.58 bits per heavy atom. The van der Waals surface area contributed by atoms with E-state index in [0.717, 1.165) is 6.61 Å². The van der Waals surface area contributed by atoms with Crippen molar-refractivity contribution in [2.24, 2.45) is 11.3 Å². The topological polar surface area (TPSA) is 9.23 Å². The van der Waals surface area contributed by atoms with Crippen LogP contribution in [0.4, 0.5) is 0 Å².